The predicted octanol–water partition coefficient (Wildman–Crippen LogP) is 1.94. The maximum Gasteiger partial charge on any atom is 0.238 e. The first-order valence-electron chi connectivity index (χ1n) is 5.90. The van der Waals surface area contributed by atoms with E-state index >= 15 is 0 Å². The van der Waals surface area contributed by atoms with Crippen LogP contribution in [0.1, 0.15) is 25.3 Å². The Bertz CT molecular complexity index is 355. The van der Waals surface area contributed by atoms with Crippen LogP contribution in [0.4, 0.5) is 5.69 Å². The quantitative estimate of drug-likeness (QED) is 0.793. The Labute approximate surface area is 96.2 Å². The van der Waals surface area contributed by atoms with Crippen molar-refractivity contribution in [2.24, 2.45) is 0 Å². The first kappa shape index (κ1) is 11.1. The van der Waals surface area contributed by atoms with Crippen LogP contribution in [0.25, 0.3) is 0 Å². The van der Waals surface area contributed by atoms with E-state index in [-0.39, 0.29) is 5.91 Å². The third-order valence-electron chi connectivity index (χ3n) is 2.77. The molecule has 1 saturated carbocycles. The lowest BCUT2D eigenvalue weighted by atomic mass is 10.1. The number of hydrogen-bond donors (Lipinski definition) is 2. The number of hydrogen-bond acceptors (Lipinski definition) is 2. The van der Waals surface area contributed by atoms with Gasteiger partial charge in [0, 0.05) is 11.7 Å². The molecule has 0 bridgehead atoms. The van der Waals surface area contributed by atoms with Gasteiger partial charge in [0.25, 0.3) is 0 Å². The Morgan fingerprint density at radius 2 is 2.00 bits per heavy atom. The molecule has 2 rings (SSSR count). The number of amides is 1. The molecule has 0 unspecified atom stereocenters. The Morgan fingerprint density at radius 1 is 1.31 bits per heavy atom. The summed E-state index contributed by atoms with van der Waals surface area (Å²) in [6.07, 6.45) is 3.44. The number of rotatable bonds is 5. The van der Waals surface area contributed by atoms with Crippen molar-refractivity contribution >= 4 is 11.6 Å². The van der Waals surface area contributed by atoms with Crippen molar-refractivity contribution in [1.82, 2.24) is 5.32 Å². The summed E-state index contributed by atoms with van der Waals surface area (Å²) in [5.41, 5.74) is 2.16. The zero-order valence-electron chi connectivity index (χ0n) is 9.62. The molecule has 1 aliphatic carbocycles. The van der Waals surface area contributed by atoms with Crippen LogP contribution in [0.5, 0.6) is 0 Å². The zero-order valence-corrected chi connectivity index (χ0v) is 9.62. The second-order valence-corrected chi connectivity index (χ2v) is 4.25. The Balaban J connectivity index is 1.79. The van der Waals surface area contributed by atoms with Crippen molar-refractivity contribution in [3.63, 3.8) is 0 Å². The van der Waals surface area contributed by atoms with Gasteiger partial charge in [-0.15, -0.1) is 0 Å². The van der Waals surface area contributed by atoms with E-state index in [1.807, 2.05) is 24.3 Å². The van der Waals surface area contributed by atoms with Gasteiger partial charge in [-0.1, -0.05) is 19.1 Å². The van der Waals surface area contributed by atoms with Crippen molar-refractivity contribution in [1.29, 1.82) is 0 Å². The Hall–Kier alpha value is -1.35. The number of carbonyl (C=O) groups excluding carboxylic acids is 1. The fraction of sp³-hybridized carbons (Fsp3) is 0.462. The fourth-order valence-electron chi connectivity index (χ4n) is 1.55. The molecule has 0 radical (unpaired) electrons. The van der Waals surface area contributed by atoms with Crippen molar-refractivity contribution in [2.75, 3.05) is 11.9 Å². The maximum absolute atomic E-state index is 11.5. The summed E-state index contributed by atoms with van der Waals surface area (Å²) < 4.78 is 0. The van der Waals surface area contributed by atoms with Gasteiger partial charge >= 0.3 is 0 Å². The first-order valence-corrected chi connectivity index (χ1v) is 5.90. The van der Waals surface area contributed by atoms with Crippen LogP contribution in [-0.4, -0.2) is 18.5 Å². The predicted molar refractivity (Wildman–Crippen MR) is 65.5 cm³/mol. The van der Waals surface area contributed by atoms with E-state index in [1.165, 1.54) is 18.4 Å². The topological polar surface area (TPSA) is 41.1 Å². The van der Waals surface area contributed by atoms with E-state index in [0.717, 1.165) is 12.1 Å². The van der Waals surface area contributed by atoms with Gasteiger partial charge in [-0.2, -0.15) is 0 Å². The van der Waals surface area contributed by atoms with Gasteiger partial charge in [-0.3, -0.25) is 4.79 Å². The van der Waals surface area contributed by atoms with Gasteiger partial charge in [-0.25, -0.2) is 0 Å². The van der Waals surface area contributed by atoms with E-state index < -0.39 is 0 Å². The normalized spacial score (nSPS) is 14.8. The number of anilines is 1. The minimum absolute atomic E-state index is 0.0381. The molecular formula is C13H18N2O. The van der Waals surface area contributed by atoms with E-state index in [2.05, 4.69) is 17.6 Å². The lowest BCUT2D eigenvalue weighted by Crippen LogP contribution is -2.29. The number of carbonyl (C=O) groups is 1. The van der Waals surface area contributed by atoms with Crippen LogP contribution in [-0.2, 0) is 11.2 Å². The summed E-state index contributed by atoms with van der Waals surface area (Å²) >= 11 is 0. The third-order valence-corrected chi connectivity index (χ3v) is 2.77. The molecule has 0 aromatic heterocycles. The van der Waals surface area contributed by atoms with Crippen molar-refractivity contribution < 1.29 is 4.79 Å². The summed E-state index contributed by atoms with van der Waals surface area (Å²) in [5, 5.41) is 6.06. The number of aryl methyl sites for hydroxylation is 1. The lowest BCUT2D eigenvalue weighted by molar-refractivity contribution is -0.115. The molecule has 16 heavy (non-hydrogen) atoms. The largest absolute Gasteiger partial charge is 0.325 e. The van der Waals surface area contributed by atoms with Gasteiger partial charge in [0.15, 0.2) is 0 Å². The summed E-state index contributed by atoms with van der Waals surface area (Å²) in [5.74, 6) is 0.0381. The minimum Gasteiger partial charge on any atom is -0.325 e. The van der Waals surface area contributed by atoms with E-state index in [0.29, 0.717) is 12.6 Å². The molecule has 1 fully saturated rings. The van der Waals surface area contributed by atoms with Crippen LogP contribution in [0.3, 0.4) is 0 Å². The van der Waals surface area contributed by atoms with Crippen LogP contribution in [0.2, 0.25) is 0 Å². The molecule has 3 heteroatoms. The molecule has 0 atom stereocenters. The highest BCUT2D eigenvalue weighted by atomic mass is 16.1. The van der Waals surface area contributed by atoms with Gasteiger partial charge in [0.05, 0.1) is 6.54 Å². The highest BCUT2D eigenvalue weighted by Gasteiger charge is 2.20. The minimum atomic E-state index is 0.0381. The van der Waals surface area contributed by atoms with Gasteiger partial charge in [0.2, 0.25) is 5.91 Å². The molecule has 0 spiro atoms. The molecule has 0 aliphatic heterocycles. The van der Waals surface area contributed by atoms with Crippen LogP contribution >= 0.6 is 0 Å². The molecule has 1 aromatic carbocycles. The van der Waals surface area contributed by atoms with Crippen LogP contribution in [0, 0.1) is 0 Å². The Morgan fingerprint density at radius 3 is 2.56 bits per heavy atom. The second-order valence-electron chi connectivity index (χ2n) is 4.25. The molecule has 86 valence electrons. The molecule has 3 nitrogen and oxygen atoms in total. The second kappa shape index (κ2) is 5.12. The molecular weight excluding hydrogens is 200 g/mol. The van der Waals surface area contributed by atoms with Crippen LogP contribution < -0.4 is 10.6 Å². The highest BCUT2D eigenvalue weighted by Crippen LogP contribution is 2.18. The van der Waals surface area contributed by atoms with Crippen molar-refractivity contribution in [3.8, 4) is 0 Å². The van der Waals surface area contributed by atoms with Gasteiger partial charge < -0.3 is 10.6 Å². The summed E-state index contributed by atoms with van der Waals surface area (Å²) in [6, 6.07) is 8.57. The Kier molecular flexibility index (Phi) is 3.57. The SMILES string of the molecule is CCc1ccc(NC(=O)CNC2CC2)cc1. The smallest absolute Gasteiger partial charge is 0.238 e. The fourth-order valence-corrected chi connectivity index (χ4v) is 1.55. The monoisotopic (exact) mass is 218 g/mol. The molecule has 0 heterocycles. The van der Waals surface area contributed by atoms with Gasteiger partial charge in [0.1, 0.15) is 0 Å². The zero-order chi connectivity index (χ0) is 11.4. The molecule has 1 aliphatic rings. The standard InChI is InChI=1S/C13H18N2O/c1-2-10-3-5-12(6-4-10)15-13(16)9-14-11-7-8-11/h3-6,11,14H,2,7-9H2,1H3,(H,15,16). The molecule has 2 N–H and O–H groups in total. The molecule has 1 amide bonds. The molecule has 0 saturated heterocycles. The molecule has 1 aromatic rings. The maximum atomic E-state index is 11.5. The average Bonchev–Trinajstić information content (AvgIpc) is 3.11. The number of benzene rings is 1. The third kappa shape index (κ3) is 3.35. The summed E-state index contributed by atoms with van der Waals surface area (Å²) in [7, 11) is 0. The van der Waals surface area contributed by atoms with Crippen LogP contribution in [0.15, 0.2) is 24.3 Å². The van der Waals surface area contributed by atoms with Crippen molar-refractivity contribution in [3.05, 3.63) is 29.8 Å². The van der Waals surface area contributed by atoms with E-state index in [1.54, 1.807) is 0 Å². The van der Waals surface area contributed by atoms with E-state index in [9.17, 15) is 4.79 Å². The van der Waals surface area contributed by atoms with E-state index in [4.69, 9.17) is 0 Å². The average molecular weight is 218 g/mol. The van der Waals surface area contributed by atoms with Gasteiger partial charge in [-0.05, 0) is 37.0 Å². The van der Waals surface area contributed by atoms with Crippen molar-refractivity contribution in [2.45, 2.75) is 32.2 Å². The first-order chi connectivity index (χ1) is 7.78. The number of nitrogens with one attached hydrogen (secondary N) is 2. The lowest BCUT2D eigenvalue weighted by Gasteiger charge is -2.06. The summed E-state index contributed by atoms with van der Waals surface area (Å²) in [6.45, 7) is 2.54. The highest BCUT2D eigenvalue weighted by molar-refractivity contribution is 5.92. The summed E-state index contributed by atoms with van der Waals surface area (Å²) in [4.78, 5) is 11.5.